The molecule has 2 heterocycles. The molecule has 0 bridgehead atoms. The molecule has 0 radical (unpaired) electrons. The third-order valence-electron chi connectivity index (χ3n) is 3.74. The first kappa shape index (κ1) is 17.8. The van der Waals surface area contributed by atoms with Crippen molar-refractivity contribution in [2.45, 2.75) is 27.3 Å². The Morgan fingerprint density at radius 3 is 2.50 bits per heavy atom. The number of aromatic nitrogens is 3. The van der Waals surface area contributed by atoms with E-state index in [4.69, 9.17) is 0 Å². The highest BCUT2D eigenvalue weighted by Crippen LogP contribution is 2.27. The van der Waals surface area contributed by atoms with Gasteiger partial charge in [-0.25, -0.2) is 4.98 Å². The van der Waals surface area contributed by atoms with Gasteiger partial charge in [-0.2, -0.15) is 5.10 Å². The first-order valence-corrected chi connectivity index (χ1v) is 8.89. The van der Waals surface area contributed by atoms with Gasteiger partial charge in [0.25, 0.3) is 11.8 Å². The fraction of sp³-hybridized carbons (Fsp3) is 0.222. The minimum atomic E-state index is -0.385. The number of hydrazine groups is 1. The molecule has 0 saturated heterocycles. The standard InChI is InChI=1S/C18H19N5O2S/c1-11-9-12(2)23(22-11)10-15(24)20-21-17(25)16-13(3)19-18(26-16)14-7-5-4-6-8-14/h4-9H,10H2,1-3H3,(H,20,24)(H,21,25). The zero-order valence-corrected chi connectivity index (χ0v) is 15.6. The summed E-state index contributed by atoms with van der Waals surface area (Å²) in [6.45, 7) is 5.55. The van der Waals surface area contributed by atoms with Crippen molar-refractivity contribution in [1.82, 2.24) is 25.6 Å². The Morgan fingerprint density at radius 2 is 1.85 bits per heavy atom. The van der Waals surface area contributed by atoms with Crippen molar-refractivity contribution in [3.05, 3.63) is 58.4 Å². The van der Waals surface area contributed by atoms with E-state index >= 15 is 0 Å². The zero-order valence-electron chi connectivity index (χ0n) is 14.7. The van der Waals surface area contributed by atoms with E-state index in [2.05, 4.69) is 20.9 Å². The second-order valence-corrected chi connectivity index (χ2v) is 6.89. The predicted molar refractivity (Wildman–Crippen MR) is 99.6 cm³/mol. The quantitative estimate of drug-likeness (QED) is 0.691. The van der Waals surface area contributed by atoms with Crippen LogP contribution in [0.5, 0.6) is 0 Å². The SMILES string of the molecule is Cc1cc(C)n(CC(=O)NNC(=O)c2sc(-c3ccccc3)nc2C)n1. The van der Waals surface area contributed by atoms with Crippen molar-refractivity contribution in [2.24, 2.45) is 0 Å². The molecule has 2 aromatic heterocycles. The van der Waals surface area contributed by atoms with Crippen LogP contribution in [0, 0.1) is 20.8 Å². The number of amides is 2. The highest BCUT2D eigenvalue weighted by Gasteiger charge is 2.17. The summed E-state index contributed by atoms with van der Waals surface area (Å²) in [7, 11) is 0. The summed E-state index contributed by atoms with van der Waals surface area (Å²) in [4.78, 5) is 29.3. The van der Waals surface area contributed by atoms with Crippen molar-refractivity contribution in [3.63, 3.8) is 0 Å². The van der Waals surface area contributed by atoms with Crippen molar-refractivity contribution < 1.29 is 9.59 Å². The van der Waals surface area contributed by atoms with Crippen molar-refractivity contribution in [2.75, 3.05) is 0 Å². The molecule has 3 rings (SSSR count). The maximum Gasteiger partial charge on any atom is 0.281 e. The third kappa shape index (κ3) is 3.97. The predicted octanol–water partition coefficient (Wildman–Crippen LogP) is 2.39. The molecule has 1 aromatic carbocycles. The molecule has 0 atom stereocenters. The lowest BCUT2D eigenvalue weighted by atomic mass is 10.2. The Hall–Kier alpha value is -3.00. The number of aryl methyl sites for hydroxylation is 3. The van der Waals surface area contributed by atoms with E-state index in [1.165, 1.54) is 11.3 Å². The van der Waals surface area contributed by atoms with Crippen LogP contribution in [0.25, 0.3) is 10.6 Å². The average Bonchev–Trinajstić information content (AvgIpc) is 3.15. The lowest BCUT2D eigenvalue weighted by Gasteiger charge is -2.07. The molecule has 2 amide bonds. The molecular weight excluding hydrogens is 350 g/mol. The van der Waals surface area contributed by atoms with Gasteiger partial charge in [-0.1, -0.05) is 30.3 Å². The molecule has 7 nitrogen and oxygen atoms in total. The van der Waals surface area contributed by atoms with Gasteiger partial charge in [0.2, 0.25) is 0 Å². The van der Waals surface area contributed by atoms with Crippen LogP contribution < -0.4 is 10.9 Å². The fourth-order valence-electron chi connectivity index (χ4n) is 2.51. The van der Waals surface area contributed by atoms with Gasteiger partial charge in [0.1, 0.15) is 16.4 Å². The molecule has 2 N–H and O–H groups in total. The molecule has 134 valence electrons. The Balaban J connectivity index is 1.62. The van der Waals surface area contributed by atoms with Crippen LogP contribution in [0.4, 0.5) is 0 Å². The molecular formula is C18H19N5O2S. The van der Waals surface area contributed by atoms with Gasteiger partial charge in [-0.15, -0.1) is 11.3 Å². The maximum absolute atomic E-state index is 12.4. The molecule has 8 heteroatoms. The van der Waals surface area contributed by atoms with Gasteiger partial charge in [0.05, 0.1) is 11.4 Å². The molecule has 0 fully saturated rings. The molecule has 26 heavy (non-hydrogen) atoms. The van der Waals surface area contributed by atoms with Crippen LogP contribution in [0.2, 0.25) is 0 Å². The van der Waals surface area contributed by atoms with Crippen LogP contribution >= 0.6 is 11.3 Å². The zero-order chi connectivity index (χ0) is 18.7. The van der Waals surface area contributed by atoms with E-state index < -0.39 is 0 Å². The monoisotopic (exact) mass is 369 g/mol. The second kappa shape index (κ2) is 7.49. The molecule has 0 unspecified atom stereocenters. The summed E-state index contributed by atoms with van der Waals surface area (Å²) < 4.78 is 1.59. The van der Waals surface area contributed by atoms with E-state index in [1.54, 1.807) is 11.6 Å². The fourth-order valence-corrected chi connectivity index (χ4v) is 3.47. The summed E-state index contributed by atoms with van der Waals surface area (Å²) in [5, 5.41) is 4.99. The number of nitrogens with zero attached hydrogens (tertiary/aromatic N) is 3. The van der Waals surface area contributed by atoms with Crippen LogP contribution in [-0.2, 0) is 11.3 Å². The van der Waals surface area contributed by atoms with Gasteiger partial charge < -0.3 is 0 Å². The summed E-state index contributed by atoms with van der Waals surface area (Å²) in [5.74, 6) is -0.737. The minimum Gasteiger partial charge on any atom is -0.271 e. The topological polar surface area (TPSA) is 88.9 Å². The van der Waals surface area contributed by atoms with Crippen molar-refractivity contribution in [1.29, 1.82) is 0 Å². The Kier molecular flexibility index (Phi) is 5.13. The van der Waals surface area contributed by atoms with Gasteiger partial charge in [-0.3, -0.25) is 25.1 Å². The van der Waals surface area contributed by atoms with Crippen LogP contribution in [-0.4, -0.2) is 26.6 Å². The Labute approximate surface area is 155 Å². The Morgan fingerprint density at radius 1 is 1.12 bits per heavy atom. The second-order valence-electron chi connectivity index (χ2n) is 5.89. The third-order valence-corrected chi connectivity index (χ3v) is 4.94. The number of thiazole rings is 1. The maximum atomic E-state index is 12.4. The summed E-state index contributed by atoms with van der Waals surface area (Å²) in [6.07, 6.45) is 0. The summed E-state index contributed by atoms with van der Waals surface area (Å²) in [5.41, 5.74) is 8.16. The average molecular weight is 369 g/mol. The lowest BCUT2D eigenvalue weighted by molar-refractivity contribution is -0.122. The van der Waals surface area contributed by atoms with Crippen molar-refractivity contribution >= 4 is 23.2 Å². The van der Waals surface area contributed by atoms with Crippen LogP contribution in [0.15, 0.2) is 36.4 Å². The van der Waals surface area contributed by atoms with E-state index in [0.717, 1.165) is 22.0 Å². The number of rotatable bonds is 4. The summed E-state index contributed by atoms with van der Waals surface area (Å²) >= 11 is 1.29. The first-order valence-electron chi connectivity index (χ1n) is 8.07. The number of benzene rings is 1. The van der Waals surface area contributed by atoms with Crippen LogP contribution in [0.1, 0.15) is 26.8 Å². The van der Waals surface area contributed by atoms with Gasteiger partial charge in [0, 0.05) is 11.3 Å². The van der Waals surface area contributed by atoms with Gasteiger partial charge >= 0.3 is 0 Å². The number of hydrogen-bond donors (Lipinski definition) is 2. The smallest absolute Gasteiger partial charge is 0.271 e. The molecule has 0 spiro atoms. The molecule has 3 aromatic rings. The lowest BCUT2D eigenvalue weighted by Crippen LogP contribution is -2.43. The largest absolute Gasteiger partial charge is 0.281 e. The van der Waals surface area contributed by atoms with E-state index in [9.17, 15) is 9.59 Å². The van der Waals surface area contributed by atoms with E-state index in [1.807, 2.05) is 50.2 Å². The minimum absolute atomic E-state index is 0.0386. The number of carbonyl (C=O) groups excluding carboxylic acids is 2. The molecule has 0 aliphatic carbocycles. The van der Waals surface area contributed by atoms with Gasteiger partial charge in [0.15, 0.2) is 0 Å². The highest BCUT2D eigenvalue weighted by molar-refractivity contribution is 7.17. The normalized spacial score (nSPS) is 10.6. The Bertz CT molecular complexity index is 946. The summed E-state index contributed by atoms with van der Waals surface area (Å²) in [6, 6.07) is 11.5. The highest BCUT2D eigenvalue weighted by atomic mass is 32.1. The molecule has 0 aliphatic heterocycles. The molecule has 0 saturated carbocycles. The number of carbonyl (C=O) groups is 2. The van der Waals surface area contributed by atoms with Gasteiger partial charge in [-0.05, 0) is 26.8 Å². The van der Waals surface area contributed by atoms with E-state index in [0.29, 0.717) is 10.6 Å². The number of hydrogen-bond acceptors (Lipinski definition) is 5. The molecule has 0 aliphatic rings. The van der Waals surface area contributed by atoms with Crippen LogP contribution in [0.3, 0.4) is 0 Å². The van der Waals surface area contributed by atoms with E-state index in [-0.39, 0.29) is 18.4 Å². The van der Waals surface area contributed by atoms with Crippen molar-refractivity contribution in [3.8, 4) is 10.6 Å². The first-order chi connectivity index (χ1) is 12.4. The number of nitrogens with one attached hydrogen (secondary N) is 2.